The zero-order valence-electron chi connectivity index (χ0n) is 21.6. The van der Waals surface area contributed by atoms with Crippen LogP contribution < -0.4 is 10.5 Å². The van der Waals surface area contributed by atoms with E-state index in [1.165, 1.54) is 23.0 Å². The number of nitrogens with zero attached hydrogens (tertiary/aromatic N) is 5. The normalized spacial score (nSPS) is 10.1. The first-order valence-electron chi connectivity index (χ1n) is 11.3. The van der Waals surface area contributed by atoms with Crippen LogP contribution in [0.15, 0.2) is 35.5 Å². The Bertz CT molecular complexity index is 1140. The van der Waals surface area contributed by atoms with Crippen LogP contribution >= 0.6 is 0 Å². The number of carbonyl (C=O) groups is 1. The Kier molecular flexibility index (Phi) is 13.9. The van der Waals surface area contributed by atoms with Crippen molar-refractivity contribution in [3.8, 4) is 22.9 Å². The van der Waals surface area contributed by atoms with Crippen molar-refractivity contribution >= 4 is 25.1 Å². The van der Waals surface area contributed by atoms with Gasteiger partial charge in [0.05, 0.1) is 5.56 Å². The number of nitrogen functional groups attached to an aromatic ring is 1. The molecule has 9 heteroatoms. The minimum Gasteiger partial charge on any atom is -0.482 e. The van der Waals surface area contributed by atoms with E-state index >= 15 is 0 Å². The smallest absolute Gasteiger partial charge is 0.182 e. The summed E-state index contributed by atoms with van der Waals surface area (Å²) in [5.74, 6) is 0.492. The fourth-order valence-electron chi connectivity index (χ4n) is 3.22. The molecule has 2 aromatic heterocycles. The summed E-state index contributed by atoms with van der Waals surface area (Å²) in [6.07, 6.45) is 1.81. The Morgan fingerprint density at radius 3 is 2.43 bits per heavy atom. The van der Waals surface area contributed by atoms with E-state index < -0.39 is 6.10 Å². The Balaban J connectivity index is 0.00000179. The molecule has 0 aliphatic heterocycles. The first-order valence-corrected chi connectivity index (χ1v) is 11.3. The van der Waals surface area contributed by atoms with Crippen LogP contribution in [0.4, 0.5) is 16.0 Å². The van der Waals surface area contributed by atoms with Crippen LogP contribution in [0, 0.1) is 17.1 Å². The summed E-state index contributed by atoms with van der Waals surface area (Å²) >= 11 is 0. The monoisotopic (exact) mass is 482 g/mol. The molecule has 3 rings (SSSR count). The number of hydrogen-bond donors (Lipinski definition) is 1. The molecule has 188 valence electrons. The standard InChI is InChI=1S/C21H21FN6O.2C2H6.CH2O/c1-5-13-6-7-15(22)9-16(13)12(2)29-18-8-14(11-26-20(18)24)19-17(10-23)28(4)27-21(19)25-3;3*1-2/h6-9,11-12H,3,5H2,1-2,4H3,(H2,24,26);2*1-2H3;1H2. The summed E-state index contributed by atoms with van der Waals surface area (Å²) in [5, 5.41) is 13.7. The van der Waals surface area contributed by atoms with Gasteiger partial charge in [-0.15, -0.1) is 0 Å². The third-order valence-corrected chi connectivity index (χ3v) is 4.69. The summed E-state index contributed by atoms with van der Waals surface area (Å²) in [6, 6.07) is 8.43. The van der Waals surface area contributed by atoms with Gasteiger partial charge in [0.2, 0.25) is 0 Å². The highest BCUT2D eigenvalue weighted by atomic mass is 19.1. The molecule has 0 spiro atoms. The summed E-state index contributed by atoms with van der Waals surface area (Å²) in [7, 11) is 1.65. The number of nitrogens with two attached hydrogens (primary N) is 1. The largest absolute Gasteiger partial charge is 0.482 e. The van der Waals surface area contributed by atoms with Gasteiger partial charge in [0.1, 0.15) is 30.5 Å². The number of aryl methyl sites for hydroxylation is 2. The van der Waals surface area contributed by atoms with E-state index in [2.05, 4.69) is 27.9 Å². The van der Waals surface area contributed by atoms with E-state index in [1.54, 1.807) is 19.2 Å². The number of aliphatic imine (C=N–C) groups is 1. The third-order valence-electron chi connectivity index (χ3n) is 4.69. The molecule has 0 radical (unpaired) electrons. The lowest BCUT2D eigenvalue weighted by molar-refractivity contribution is -0.0980. The second-order valence-electron chi connectivity index (χ2n) is 6.50. The minimum atomic E-state index is -0.457. The van der Waals surface area contributed by atoms with Crippen LogP contribution in [0.25, 0.3) is 11.1 Å². The number of anilines is 1. The average Bonchev–Trinajstić information content (AvgIpc) is 3.24. The molecule has 0 aliphatic carbocycles. The molecule has 35 heavy (non-hydrogen) atoms. The summed E-state index contributed by atoms with van der Waals surface area (Å²) < 4.78 is 21.2. The maximum atomic E-state index is 13.8. The van der Waals surface area contributed by atoms with Crippen LogP contribution in [-0.2, 0) is 18.3 Å². The quantitative estimate of drug-likeness (QED) is 0.432. The summed E-state index contributed by atoms with van der Waals surface area (Å²) in [5.41, 5.74) is 9.12. The van der Waals surface area contributed by atoms with Gasteiger partial charge in [0.25, 0.3) is 0 Å². The zero-order valence-corrected chi connectivity index (χ0v) is 21.6. The molecule has 1 aromatic carbocycles. The van der Waals surface area contributed by atoms with E-state index in [1.807, 2.05) is 48.3 Å². The zero-order chi connectivity index (χ0) is 27.1. The maximum absolute atomic E-state index is 13.8. The molecule has 0 saturated heterocycles. The number of carbonyl (C=O) groups excluding carboxylic acids is 1. The molecule has 2 N–H and O–H groups in total. The first kappa shape index (κ1) is 30.9. The molecule has 1 unspecified atom stereocenters. The van der Waals surface area contributed by atoms with Crippen molar-refractivity contribution < 1.29 is 13.9 Å². The van der Waals surface area contributed by atoms with Crippen molar-refractivity contribution in [2.75, 3.05) is 5.73 Å². The highest BCUT2D eigenvalue weighted by Crippen LogP contribution is 2.36. The number of nitriles is 1. The molecule has 1 atom stereocenters. The van der Waals surface area contributed by atoms with Crippen molar-refractivity contribution in [1.29, 1.82) is 5.26 Å². The van der Waals surface area contributed by atoms with Crippen LogP contribution in [-0.4, -0.2) is 28.3 Å². The van der Waals surface area contributed by atoms with Crippen molar-refractivity contribution in [3.63, 3.8) is 0 Å². The summed E-state index contributed by atoms with van der Waals surface area (Å²) in [4.78, 5) is 16.1. The molecule has 0 saturated carbocycles. The summed E-state index contributed by atoms with van der Waals surface area (Å²) in [6.45, 7) is 17.3. The van der Waals surface area contributed by atoms with E-state index in [-0.39, 0.29) is 11.6 Å². The number of rotatable bonds is 6. The lowest BCUT2D eigenvalue weighted by Crippen LogP contribution is -2.09. The average molecular weight is 483 g/mol. The number of benzene rings is 1. The van der Waals surface area contributed by atoms with Gasteiger partial charge < -0.3 is 15.3 Å². The van der Waals surface area contributed by atoms with Gasteiger partial charge in [0, 0.05) is 18.8 Å². The van der Waals surface area contributed by atoms with E-state index in [4.69, 9.17) is 15.3 Å². The molecule has 2 heterocycles. The number of aromatic nitrogens is 3. The van der Waals surface area contributed by atoms with Gasteiger partial charge in [-0.25, -0.2) is 14.4 Å². The second-order valence-corrected chi connectivity index (χ2v) is 6.50. The van der Waals surface area contributed by atoms with E-state index in [0.717, 1.165) is 17.5 Å². The predicted octanol–water partition coefficient (Wildman–Crippen LogP) is 5.98. The number of pyridine rings is 1. The van der Waals surface area contributed by atoms with Crippen molar-refractivity contribution in [2.24, 2.45) is 12.0 Å². The molecule has 0 amide bonds. The van der Waals surface area contributed by atoms with Gasteiger partial charge in [0.15, 0.2) is 17.4 Å². The fraction of sp³-hybridized carbons (Fsp3) is 0.346. The van der Waals surface area contributed by atoms with E-state index in [0.29, 0.717) is 28.4 Å². The van der Waals surface area contributed by atoms with Crippen LogP contribution in [0.5, 0.6) is 5.75 Å². The predicted molar refractivity (Wildman–Crippen MR) is 139 cm³/mol. The Morgan fingerprint density at radius 2 is 1.89 bits per heavy atom. The lowest BCUT2D eigenvalue weighted by Gasteiger charge is -2.19. The highest BCUT2D eigenvalue weighted by Gasteiger charge is 2.20. The van der Waals surface area contributed by atoms with Crippen LogP contribution in [0.3, 0.4) is 0 Å². The topological polar surface area (TPSA) is 119 Å². The van der Waals surface area contributed by atoms with Gasteiger partial charge in [-0.2, -0.15) is 10.4 Å². The first-order chi connectivity index (χ1) is 16.9. The number of ether oxygens (including phenoxy) is 1. The molecule has 0 bridgehead atoms. The fourth-order valence-corrected chi connectivity index (χ4v) is 3.22. The SMILES string of the molecule is C=Nc1nn(C)c(C#N)c1-c1cnc(N)c(OC(C)c2cc(F)ccc2CC)c1.C=O.CC.CC. The van der Waals surface area contributed by atoms with Crippen molar-refractivity contribution in [2.45, 2.75) is 54.1 Å². The number of halogens is 1. The molecule has 0 aliphatic rings. The molecule has 0 fully saturated rings. The van der Waals surface area contributed by atoms with Gasteiger partial charge in [-0.3, -0.25) is 4.68 Å². The van der Waals surface area contributed by atoms with Gasteiger partial charge >= 0.3 is 0 Å². The molecule has 8 nitrogen and oxygen atoms in total. The minimum absolute atomic E-state index is 0.186. The Labute approximate surface area is 207 Å². The molecular weight excluding hydrogens is 447 g/mol. The Hall–Kier alpha value is -4.06. The third kappa shape index (κ3) is 7.47. The van der Waals surface area contributed by atoms with Gasteiger partial charge in [-0.1, -0.05) is 40.7 Å². The molecule has 3 aromatic rings. The molecular formula is C26H35FN6O2. The van der Waals surface area contributed by atoms with Crippen LogP contribution in [0.1, 0.15) is 64.5 Å². The maximum Gasteiger partial charge on any atom is 0.182 e. The number of hydrogen-bond acceptors (Lipinski definition) is 7. The lowest BCUT2D eigenvalue weighted by atomic mass is 10.0. The van der Waals surface area contributed by atoms with Crippen LogP contribution in [0.2, 0.25) is 0 Å². The van der Waals surface area contributed by atoms with Crippen molar-refractivity contribution in [1.82, 2.24) is 14.8 Å². The van der Waals surface area contributed by atoms with Gasteiger partial charge in [-0.05, 0) is 49.4 Å². The second kappa shape index (κ2) is 15.7. The Morgan fingerprint density at radius 1 is 1.26 bits per heavy atom. The highest BCUT2D eigenvalue weighted by molar-refractivity contribution is 5.80. The van der Waals surface area contributed by atoms with E-state index in [9.17, 15) is 9.65 Å². The van der Waals surface area contributed by atoms with Crippen molar-refractivity contribution in [3.05, 3.63) is 53.1 Å².